The van der Waals surface area contributed by atoms with Crippen LogP contribution in [0.2, 0.25) is 0 Å². The number of nitrogens with zero attached hydrogens (tertiary/aromatic N) is 3. The number of hydrogen-bond acceptors (Lipinski definition) is 3. The lowest BCUT2D eigenvalue weighted by Gasteiger charge is -2.34. The van der Waals surface area contributed by atoms with E-state index in [0.717, 1.165) is 13.1 Å². The van der Waals surface area contributed by atoms with Gasteiger partial charge in [-0.15, -0.1) is 0 Å². The van der Waals surface area contributed by atoms with E-state index in [9.17, 15) is 4.79 Å². The molecule has 1 aliphatic rings. The molecular formula is C12H19N3O. The molecule has 0 radical (unpaired) electrons. The van der Waals surface area contributed by atoms with E-state index in [0.29, 0.717) is 24.7 Å². The number of carbonyl (C=O) groups is 1. The van der Waals surface area contributed by atoms with E-state index in [4.69, 9.17) is 5.26 Å². The quantitative estimate of drug-likeness (QED) is 0.673. The highest BCUT2D eigenvalue weighted by atomic mass is 16.2. The molecule has 0 aromatic carbocycles. The molecule has 1 amide bonds. The summed E-state index contributed by atoms with van der Waals surface area (Å²) >= 11 is 0. The highest BCUT2D eigenvalue weighted by Gasteiger charge is 2.23. The molecule has 0 bridgehead atoms. The van der Waals surface area contributed by atoms with Gasteiger partial charge >= 0.3 is 0 Å². The van der Waals surface area contributed by atoms with Gasteiger partial charge in [0.15, 0.2) is 0 Å². The standard InChI is InChI=1S/C12H19N3O/c1-4-14-5-6-15(9-12(14)16)11(8-13)7-10(2)3/h7,10H,4-6,9H2,1-3H3/b11-7-. The molecule has 0 unspecified atom stereocenters. The summed E-state index contributed by atoms with van der Waals surface area (Å²) in [5.41, 5.74) is 0.624. The van der Waals surface area contributed by atoms with Crippen molar-refractivity contribution in [2.75, 3.05) is 26.2 Å². The number of likely N-dealkylation sites (N-methyl/N-ethyl adjacent to an activating group) is 1. The maximum Gasteiger partial charge on any atom is 0.242 e. The van der Waals surface area contributed by atoms with Crippen LogP contribution in [0.4, 0.5) is 0 Å². The van der Waals surface area contributed by atoms with Gasteiger partial charge < -0.3 is 9.80 Å². The molecule has 0 N–H and O–H groups in total. The normalized spacial score (nSPS) is 17.9. The molecule has 0 aromatic heterocycles. The van der Waals surface area contributed by atoms with Crippen LogP contribution in [-0.4, -0.2) is 41.9 Å². The summed E-state index contributed by atoms with van der Waals surface area (Å²) in [6.07, 6.45) is 1.91. The van der Waals surface area contributed by atoms with E-state index in [1.807, 2.05) is 36.6 Å². The Balaban J connectivity index is 2.70. The zero-order valence-electron chi connectivity index (χ0n) is 10.2. The Morgan fingerprint density at radius 3 is 2.69 bits per heavy atom. The van der Waals surface area contributed by atoms with Gasteiger partial charge in [0.1, 0.15) is 11.8 Å². The summed E-state index contributed by atoms with van der Waals surface area (Å²) in [5.74, 6) is 0.438. The lowest BCUT2D eigenvalue weighted by molar-refractivity contribution is -0.134. The van der Waals surface area contributed by atoms with Crippen LogP contribution in [-0.2, 0) is 4.79 Å². The molecule has 4 heteroatoms. The molecule has 88 valence electrons. The number of hydrogen-bond donors (Lipinski definition) is 0. The molecule has 1 saturated heterocycles. The van der Waals surface area contributed by atoms with Gasteiger partial charge in [0.2, 0.25) is 5.91 Å². The molecule has 0 aromatic rings. The van der Waals surface area contributed by atoms with Crippen molar-refractivity contribution in [3.63, 3.8) is 0 Å². The Morgan fingerprint density at radius 1 is 1.56 bits per heavy atom. The summed E-state index contributed by atoms with van der Waals surface area (Å²) in [6.45, 7) is 8.59. The van der Waals surface area contributed by atoms with E-state index >= 15 is 0 Å². The van der Waals surface area contributed by atoms with Gasteiger partial charge in [-0.2, -0.15) is 5.26 Å². The summed E-state index contributed by atoms with van der Waals surface area (Å²) in [7, 11) is 0. The molecule has 0 atom stereocenters. The highest BCUT2D eigenvalue weighted by molar-refractivity contribution is 5.79. The second-order valence-electron chi connectivity index (χ2n) is 4.30. The SMILES string of the molecule is CCN1CCN(/C(C#N)=C\C(C)C)CC1=O. The van der Waals surface area contributed by atoms with Gasteiger partial charge in [-0.05, 0) is 18.9 Å². The van der Waals surface area contributed by atoms with Crippen LogP contribution < -0.4 is 0 Å². The van der Waals surface area contributed by atoms with Crippen molar-refractivity contribution in [3.05, 3.63) is 11.8 Å². The highest BCUT2D eigenvalue weighted by Crippen LogP contribution is 2.12. The number of piperazine rings is 1. The van der Waals surface area contributed by atoms with Gasteiger partial charge in [0, 0.05) is 19.6 Å². The van der Waals surface area contributed by atoms with Gasteiger partial charge in [-0.1, -0.05) is 13.8 Å². The summed E-state index contributed by atoms with van der Waals surface area (Å²) in [6, 6.07) is 2.17. The Kier molecular flexibility index (Phi) is 4.36. The molecular weight excluding hydrogens is 202 g/mol. The van der Waals surface area contributed by atoms with Gasteiger partial charge in [-0.25, -0.2) is 0 Å². The number of nitriles is 1. The van der Waals surface area contributed by atoms with Crippen LogP contribution >= 0.6 is 0 Å². The number of amides is 1. The summed E-state index contributed by atoms with van der Waals surface area (Å²) in [4.78, 5) is 15.4. The first-order valence-electron chi connectivity index (χ1n) is 5.73. The fourth-order valence-electron chi connectivity index (χ4n) is 1.78. The van der Waals surface area contributed by atoms with Crippen LogP contribution in [0, 0.1) is 17.2 Å². The Morgan fingerprint density at radius 2 is 2.25 bits per heavy atom. The van der Waals surface area contributed by atoms with Crippen LogP contribution in [0.15, 0.2) is 11.8 Å². The molecule has 0 spiro atoms. The lowest BCUT2D eigenvalue weighted by Crippen LogP contribution is -2.49. The van der Waals surface area contributed by atoms with E-state index in [2.05, 4.69) is 6.07 Å². The van der Waals surface area contributed by atoms with Crippen LogP contribution in [0.1, 0.15) is 20.8 Å². The fourth-order valence-corrected chi connectivity index (χ4v) is 1.78. The molecule has 1 aliphatic heterocycles. The minimum atomic E-state index is 0.110. The van der Waals surface area contributed by atoms with Gasteiger partial charge in [-0.3, -0.25) is 4.79 Å². The summed E-state index contributed by atoms with van der Waals surface area (Å²) in [5, 5.41) is 9.05. The maximum absolute atomic E-state index is 11.7. The predicted octanol–water partition coefficient (Wildman–Crippen LogP) is 1.21. The molecule has 16 heavy (non-hydrogen) atoms. The van der Waals surface area contributed by atoms with Gasteiger partial charge in [0.05, 0.1) is 6.54 Å². The molecule has 0 aliphatic carbocycles. The molecule has 1 heterocycles. The van der Waals surface area contributed by atoms with Gasteiger partial charge in [0.25, 0.3) is 0 Å². The summed E-state index contributed by atoms with van der Waals surface area (Å²) < 4.78 is 0. The first-order valence-corrected chi connectivity index (χ1v) is 5.73. The second kappa shape index (κ2) is 5.55. The molecule has 1 rings (SSSR count). The smallest absolute Gasteiger partial charge is 0.242 e. The molecule has 1 fully saturated rings. The average Bonchev–Trinajstić information content (AvgIpc) is 2.25. The van der Waals surface area contributed by atoms with E-state index in [-0.39, 0.29) is 5.91 Å². The minimum absolute atomic E-state index is 0.110. The first-order chi connectivity index (χ1) is 7.58. The van der Waals surface area contributed by atoms with E-state index in [1.54, 1.807) is 0 Å². The molecule has 4 nitrogen and oxygen atoms in total. The van der Waals surface area contributed by atoms with Crippen LogP contribution in [0.25, 0.3) is 0 Å². The Bertz CT molecular complexity index is 328. The number of rotatable bonds is 3. The third-order valence-corrected chi connectivity index (χ3v) is 2.65. The van der Waals surface area contributed by atoms with Crippen molar-refractivity contribution >= 4 is 5.91 Å². The van der Waals surface area contributed by atoms with Crippen molar-refractivity contribution in [1.29, 1.82) is 5.26 Å². The van der Waals surface area contributed by atoms with Crippen molar-refractivity contribution in [1.82, 2.24) is 9.80 Å². The van der Waals surface area contributed by atoms with Crippen LogP contribution in [0.5, 0.6) is 0 Å². The Hall–Kier alpha value is -1.50. The van der Waals surface area contributed by atoms with E-state index in [1.165, 1.54) is 0 Å². The van der Waals surface area contributed by atoms with E-state index < -0.39 is 0 Å². The second-order valence-corrected chi connectivity index (χ2v) is 4.30. The van der Waals surface area contributed by atoms with Crippen molar-refractivity contribution in [2.24, 2.45) is 5.92 Å². The van der Waals surface area contributed by atoms with Crippen molar-refractivity contribution in [2.45, 2.75) is 20.8 Å². The topological polar surface area (TPSA) is 47.3 Å². The lowest BCUT2D eigenvalue weighted by atomic mass is 10.1. The van der Waals surface area contributed by atoms with Crippen LogP contribution in [0.3, 0.4) is 0 Å². The van der Waals surface area contributed by atoms with Crippen molar-refractivity contribution in [3.8, 4) is 6.07 Å². The zero-order chi connectivity index (χ0) is 12.1. The third-order valence-electron chi connectivity index (χ3n) is 2.65. The largest absolute Gasteiger partial charge is 0.352 e. The fraction of sp³-hybridized carbons (Fsp3) is 0.667. The van der Waals surface area contributed by atoms with Crippen molar-refractivity contribution < 1.29 is 4.79 Å². The number of carbonyl (C=O) groups excluding carboxylic acids is 1. The molecule has 0 saturated carbocycles. The average molecular weight is 221 g/mol. The maximum atomic E-state index is 11.7. The monoisotopic (exact) mass is 221 g/mol. The Labute approximate surface area is 97.1 Å². The predicted molar refractivity (Wildman–Crippen MR) is 62.4 cm³/mol. The zero-order valence-corrected chi connectivity index (χ0v) is 10.2. The first kappa shape index (κ1) is 12.6. The third kappa shape index (κ3) is 2.99. The minimum Gasteiger partial charge on any atom is -0.352 e. The number of allylic oxidation sites excluding steroid dienone is 2.